The van der Waals surface area contributed by atoms with Crippen LogP contribution in [0.4, 0.5) is 5.82 Å². The van der Waals surface area contributed by atoms with Gasteiger partial charge in [0.25, 0.3) is 0 Å². The zero-order chi connectivity index (χ0) is 19.5. The number of rotatable bonds is 7. The fourth-order valence-electron chi connectivity index (χ4n) is 3.82. The molecule has 6 heteroatoms. The number of hydrogen-bond donors (Lipinski definition) is 1. The SMILES string of the molecule is CN(Cc1ccccc1)c1ncccc1CNC(=O)[C@@H]1CC(=O)N(C2CC2)C1. The quantitative estimate of drug-likeness (QED) is 0.803. The maximum atomic E-state index is 12.6. The summed E-state index contributed by atoms with van der Waals surface area (Å²) in [6.07, 6.45) is 4.25. The average Bonchev–Trinajstić information content (AvgIpc) is 3.48. The van der Waals surface area contributed by atoms with Crippen molar-refractivity contribution < 1.29 is 9.59 Å². The molecule has 0 spiro atoms. The van der Waals surface area contributed by atoms with Crippen LogP contribution in [0.1, 0.15) is 30.4 Å². The van der Waals surface area contributed by atoms with Crippen molar-refractivity contribution in [3.8, 4) is 0 Å². The van der Waals surface area contributed by atoms with Gasteiger partial charge in [0, 0.05) is 50.9 Å². The lowest BCUT2D eigenvalue weighted by Gasteiger charge is -2.22. The van der Waals surface area contributed by atoms with E-state index in [1.807, 2.05) is 42.3 Å². The zero-order valence-corrected chi connectivity index (χ0v) is 16.2. The number of benzene rings is 1. The van der Waals surface area contributed by atoms with Crippen molar-refractivity contribution in [3.63, 3.8) is 0 Å². The first-order valence-corrected chi connectivity index (χ1v) is 9.88. The minimum Gasteiger partial charge on any atom is -0.355 e. The Morgan fingerprint density at radius 1 is 1.21 bits per heavy atom. The van der Waals surface area contributed by atoms with Crippen LogP contribution in [-0.4, -0.2) is 41.3 Å². The Bertz CT molecular complexity index is 851. The van der Waals surface area contributed by atoms with Gasteiger partial charge in [-0.05, 0) is 24.5 Å². The number of hydrogen-bond acceptors (Lipinski definition) is 4. The Morgan fingerprint density at radius 2 is 2.00 bits per heavy atom. The van der Waals surface area contributed by atoms with E-state index in [-0.39, 0.29) is 17.7 Å². The molecule has 0 unspecified atom stereocenters. The molecule has 0 bridgehead atoms. The van der Waals surface area contributed by atoms with E-state index in [0.717, 1.165) is 30.8 Å². The third-order valence-electron chi connectivity index (χ3n) is 5.46. The molecule has 1 aromatic heterocycles. The summed E-state index contributed by atoms with van der Waals surface area (Å²) in [5, 5.41) is 3.02. The molecule has 4 rings (SSSR count). The summed E-state index contributed by atoms with van der Waals surface area (Å²) in [4.78, 5) is 33.2. The molecule has 2 aromatic rings. The molecule has 28 heavy (non-hydrogen) atoms. The van der Waals surface area contributed by atoms with Crippen molar-refractivity contribution in [2.45, 2.75) is 38.4 Å². The molecular weight excluding hydrogens is 352 g/mol. The van der Waals surface area contributed by atoms with Crippen molar-refractivity contribution in [3.05, 3.63) is 59.8 Å². The van der Waals surface area contributed by atoms with E-state index in [2.05, 4.69) is 27.3 Å². The summed E-state index contributed by atoms with van der Waals surface area (Å²) in [5.74, 6) is 0.688. The van der Waals surface area contributed by atoms with E-state index < -0.39 is 0 Å². The molecule has 1 atom stereocenters. The average molecular weight is 378 g/mol. The van der Waals surface area contributed by atoms with Gasteiger partial charge in [0.1, 0.15) is 5.82 Å². The molecule has 1 aromatic carbocycles. The maximum absolute atomic E-state index is 12.6. The van der Waals surface area contributed by atoms with Gasteiger partial charge in [-0.15, -0.1) is 0 Å². The lowest BCUT2D eigenvalue weighted by Crippen LogP contribution is -2.33. The number of anilines is 1. The lowest BCUT2D eigenvalue weighted by atomic mass is 10.1. The van der Waals surface area contributed by atoms with Gasteiger partial charge in [-0.1, -0.05) is 36.4 Å². The van der Waals surface area contributed by atoms with Gasteiger partial charge in [0.2, 0.25) is 11.8 Å². The van der Waals surface area contributed by atoms with Gasteiger partial charge in [0.05, 0.1) is 5.92 Å². The van der Waals surface area contributed by atoms with Crippen molar-refractivity contribution in [1.82, 2.24) is 15.2 Å². The van der Waals surface area contributed by atoms with Gasteiger partial charge >= 0.3 is 0 Å². The number of nitrogens with one attached hydrogen (secondary N) is 1. The van der Waals surface area contributed by atoms with Gasteiger partial charge < -0.3 is 15.1 Å². The Morgan fingerprint density at radius 3 is 2.75 bits per heavy atom. The summed E-state index contributed by atoms with van der Waals surface area (Å²) >= 11 is 0. The van der Waals surface area contributed by atoms with E-state index in [1.165, 1.54) is 5.56 Å². The third-order valence-corrected chi connectivity index (χ3v) is 5.46. The Labute approximate surface area is 165 Å². The van der Waals surface area contributed by atoms with Crippen molar-refractivity contribution in [2.75, 3.05) is 18.5 Å². The molecule has 0 radical (unpaired) electrons. The van der Waals surface area contributed by atoms with Gasteiger partial charge in [-0.2, -0.15) is 0 Å². The molecule has 1 aliphatic heterocycles. The number of nitrogens with zero attached hydrogens (tertiary/aromatic N) is 3. The fraction of sp³-hybridized carbons (Fsp3) is 0.409. The van der Waals surface area contributed by atoms with Crippen LogP contribution in [-0.2, 0) is 22.7 Å². The Hall–Kier alpha value is -2.89. The Kier molecular flexibility index (Phi) is 5.28. The number of pyridine rings is 1. The maximum Gasteiger partial charge on any atom is 0.225 e. The number of likely N-dealkylation sites (tertiary alicyclic amines) is 1. The van der Waals surface area contributed by atoms with Crippen LogP contribution in [0.25, 0.3) is 0 Å². The predicted octanol–water partition coefficient (Wildman–Crippen LogP) is 2.35. The summed E-state index contributed by atoms with van der Waals surface area (Å²) in [5.41, 5.74) is 2.17. The molecule has 146 valence electrons. The molecule has 2 amide bonds. The van der Waals surface area contributed by atoms with Gasteiger partial charge in [-0.25, -0.2) is 4.98 Å². The molecule has 2 aliphatic rings. The van der Waals surface area contributed by atoms with Crippen LogP contribution >= 0.6 is 0 Å². The van der Waals surface area contributed by atoms with E-state index >= 15 is 0 Å². The third kappa shape index (κ3) is 4.16. The molecule has 1 aliphatic carbocycles. The van der Waals surface area contributed by atoms with Gasteiger partial charge in [0.15, 0.2) is 0 Å². The summed E-state index contributed by atoms with van der Waals surface area (Å²) < 4.78 is 0. The fourth-order valence-corrected chi connectivity index (χ4v) is 3.82. The molecular formula is C22H26N4O2. The van der Waals surface area contributed by atoms with Crippen molar-refractivity contribution >= 4 is 17.6 Å². The van der Waals surface area contributed by atoms with E-state index in [9.17, 15) is 9.59 Å². The summed E-state index contributed by atoms with van der Waals surface area (Å²) in [6, 6.07) is 14.5. The second-order valence-corrected chi connectivity index (χ2v) is 7.72. The van der Waals surface area contributed by atoms with Crippen LogP contribution in [0.5, 0.6) is 0 Å². The largest absolute Gasteiger partial charge is 0.355 e. The highest BCUT2D eigenvalue weighted by Crippen LogP contribution is 2.32. The van der Waals surface area contributed by atoms with E-state index in [4.69, 9.17) is 0 Å². The van der Waals surface area contributed by atoms with E-state index in [0.29, 0.717) is 25.6 Å². The number of carbonyl (C=O) groups is 2. The van der Waals surface area contributed by atoms with Crippen LogP contribution in [0, 0.1) is 5.92 Å². The number of carbonyl (C=O) groups excluding carboxylic acids is 2. The second-order valence-electron chi connectivity index (χ2n) is 7.72. The topological polar surface area (TPSA) is 65.5 Å². The van der Waals surface area contributed by atoms with Crippen LogP contribution < -0.4 is 10.2 Å². The minimum atomic E-state index is -0.240. The first-order chi connectivity index (χ1) is 13.6. The highest BCUT2D eigenvalue weighted by molar-refractivity contribution is 5.89. The molecule has 1 saturated carbocycles. The zero-order valence-electron chi connectivity index (χ0n) is 16.2. The normalized spacial score (nSPS) is 19.0. The standard InChI is InChI=1S/C22H26N4O2/c1-25(14-16-6-3-2-4-7-16)21-17(8-5-11-23-21)13-24-22(28)18-12-20(27)26(15-18)19-9-10-19/h2-8,11,18-19H,9-10,12-15H2,1H3,(H,24,28)/t18-/m1/s1. The van der Waals surface area contributed by atoms with E-state index in [1.54, 1.807) is 6.20 Å². The Balaban J connectivity index is 1.37. The van der Waals surface area contributed by atoms with Crippen LogP contribution in [0.2, 0.25) is 0 Å². The molecule has 1 saturated heterocycles. The lowest BCUT2D eigenvalue weighted by molar-refractivity contribution is -0.129. The second kappa shape index (κ2) is 8.00. The van der Waals surface area contributed by atoms with Crippen molar-refractivity contribution in [1.29, 1.82) is 0 Å². The number of aromatic nitrogens is 1. The van der Waals surface area contributed by atoms with Gasteiger partial charge in [-0.3, -0.25) is 9.59 Å². The van der Waals surface area contributed by atoms with Crippen molar-refractivity contribution in [2.24, 2.45) is 5.92 Å². The molecule has 2 fully saturated rings. The highest BCUT2D eigenvalue weighted by Gasteiger charge is 2.41. The summed E-state index contributed by atoms with van der Waals surface area (Å²) in [6.45, 7) is 1.71. The molecule has 2 heterocycles. The first-order valence-electron chi connectivity index (χ1n) is 9.88. The first kappa shape index (κ1) is 18.5. The van der Waals surface area contributed by atoms with Crippen LogP contribution in [0.15, 0.2) is 48.7 Å². The predicted molar refractivity (Wildman–Crippen MR) is 107 cm³/mol. The smallest absolute Gasteiger partial charge is 0.225 e. The minimum absolute atomic E-state index is 0.0444. The van der Waals surface area contributed by atoms with Crippen LogP contribution in [0.3, 0.4) is 0 Å². The number of amides is 2. The molecule has 6 nitrogen and oxygen atoms in total. The highest BCUT2D eigenvalue weighted by atomic mass is 16.2. The monoisotopic (exact) mass is 378 g/mol. The summed E-state index contributed by atoms with van der Waals surface area (Å²) in [7, 11) is 2.00. The molecule has 1 N–H and O–H groups in total.